The van der Waals surface area contributed by atoms with Crippen molar-refractivity contribution in [2.24, 2.45) is 55.5 Å². The van der Waals surface area contributed by atoms with E-state index in [1.54, 1.807) is 0 Å². The molecule has 5 fully saturated rings. The zero-order valence-electron chi connectivity index (χ0n) is 22.4. The van der Waals surface area contributed by atoms with Gasteiger partial charge in [-0.1, -0.05) is 61.0 Å². The smallest absolute Gasteiger partial charge is 0.163 e. The van der Waals surface area contributed by atoms with Crippen LogP contribution in [0.3, 0.4) is 0 Å². The topological polar surface area (TPSA) is 63.3 Å². The second-order valence-electron chi connectivity index (χ2n) is 15.7. The Morgan fingerprint density at radius 3 is 2.18 bits per heavy atom. The van der Waals surface area contributed by atoms with Gasteiger partial charge in [-0.05, 0) is 90.9 Å². The van der Waals surface area contributed by atoms with E-state index in [4.69, 9.17) is 5.73 Å². The van der Waals surface area contributed by atoms with Crippen LogP contribution in [0.2, 0.25) is 0 Å². The second-order valence-corrected chi connectivity index (χ2v) is 15.7. The predicted octanol–water partition coefficient (Wildman–Crippen LogP) is 6.04. The SMILES string of the molecule is CC1(C)CC[C@]2(C)CC[C@]3(C)C(=CC(=O)C45[C@@H](C[C@]43C)[C@@]3(N)C(C)(C)[C@@H](O)CC[C@]53C)[C@@H]2C1. The molecule has 0 saturated heterocycles. The summed E-state index contributed by atoms with van der Waals surface area (Å²) in [6.45, 7) is 19.0. The van der Waals surface area contributed by atoms with E-state index in [1.807, 2.05) is 0 Å². The molecule has 1 spiro atoms. The van der Waals surface area contributed by atoms with Crippen LogP contribution < -0.4 is 5.73 Å². The van der Waals surface area contributed by atoms with Crippen LogP contribution >= 0.6 is 0 Å². The average molecular weight is 454 g/mol. The van der Waals surface area contributed by atoms with E-state index in [0.29, 0.717) is 22.5 Å². The number of ketones is 1. The molecule has 6 aliphatic rings. The average Bonchev–Trinajstić information content (AvgIpc) is 2.71. The summed E-state index contributed by atoms with van der Waals surface area (Å²) in [6.07, 6.45) is 10.7. The maximum atomic E-state index is 14.5. The third-order valence-electron chi connectivity index (χ3n) is 14.2. The van der Waals surface area contributed by atoms with E-state index < -0.39 is 5.54 Å². The Balaban J connectivity index is 1.52. The van der Waals surface area contributed by atoms with Crippen molar-refractivity contribution in [3.63, 3.8) is 0 Å². The van der Waals surface area contributed by atoms with Gasteiger partial charge in [0, 0.05) is 16.4 Å². The first kappa shape index (κ1) is 22.8. The molecule has 0 aromatic carbocycles. The molecule has 184 valence electrons. The van der Waals surface area contributed by atoms with Gasteiger partial charge in [-0.15, -0.1) is 0 Å². The Labute approximate surface area is 201 Å². The number of allylic oxidation sites excluding steroid dienone is 2. The molecule has 6 rings (SSSR count). The van der Waals surface area contributed by atoms with Gasteiger partial charge < -0.3 is 10.8 Å². The zero-order valence-corrected chi connectivity index (χ0v) is 22.4. The van der Waals surface area contributed by atoms with Gasteiger partial charge in [-0.25, -0.2) is 0 Å². The zero-order chi connectivity index (χ0) is 24.3. The van der Waals surface area contributed by atoms with Crippen molar-refractivity contribution >= 4 is 5.78 Å². The largest absolute Gasteiger partial charge is 0.392 e. The normalized spacial score (nSPS) is 60.0. The van der Waals surface area contributed by atoms with Crippen molar-refractivity contribution in [3.05, 3.63) is 11.6 Å². The number of hydrogen-bond acceptors (Lipinski definition) is 3. The van der Waals surface area contributed by atoms with E-state index in [1.165, 1.54) is 37.7 Å². The van der Waals surface area contributed by atoms with E-state index in [0.717, 1.165) is 19.3 Å². The van der Waals surface area contributed by atoms with E-state index in [2.05, 4.69) is 61.5 Å². The van der Waals surface area contributed by atoms with Gasteiger partial charge in [0.2, 0.25) is 0 Å². The van der Waals surface area contributed by atoms with Crippen LogP contribution in [0.25, 0.3) is 0 Å². The molecule has 0 heterocycles. The summed E-state index contributed by atoms with van der Waals surface area (Å²) in [5, 5.41) is 11.0. The first-order valence-corrected chi connectivity index (χ1v) is 13.7. The molecule has 5 saturated carbocycles. The summed E-state index contributed by atoms with van der Waals surface area (Å²) in [4.78, 5) is 14.5. The standard InChI is InChI=1S/C30H47NO2/c1-23(2)11-12-25(5)13-14-26(6)18(19(25)16-23)15-22(33)29-20(17-28(26,29)8)30(31)24(3,4)21(32)9-10-27(29,30)7/h15,19-21,32H,9-14,16-17,31H2,1-8H3/t19-,20+,21-,25+,26+,27+,28-,29?,30+/m0/s1. The number of carbonyl (C=O) groups excluding carboxylic acids is 1. The molecule has 0 aromatic rings. The highest BCUT2D eigenvalue weighted by molar-refractivity contribution is 6.02. The van der Waals surface area contributed by atoms with E-state index in [9.17, 15) is 9.90 Å². The molecular formula is C30H47NO2. The van der Waals surface area contributed by atoms with Crippen molar-refractivity contribution in [1.29, 1.82) is 0 Å². The van der Waals surface area contributed by atoms with Crippen LogP contribution in [0.1, 0.15) is 107 Å². The number of fused-ring (bicyclic) bond motifs is 6. The molecule has 33 heavy (non-hydrogen) atoms. The van der Waals surface area contributed by atoms with E-state index >= 15 is 0 Å². The highest BCUT2D eigenvalue weighted by atomic mass is 16.3. The van der Waals surface area contributed by atoms with Crippen LogP contribution in [-0.2, 0) is 4.79 Å². The minimum atomic E-state index is -0.482. The molecule has 6 aliphatic carbocycles. The summed E-state index contributed by atoms with van der Waals surface area (Å²) >= 11 is 0. The predicted molar refractivity (Wildman–Crippen MR) is 132 cm³/mol. The molecule has 1 unspecified atom stereocenters. The molecule has 0 aromatic heterocycles. The third kappa shape index (κ3) is 1.92. The Bertz CT molecular complexity index is 995. The van der Waals surface area contributed by atoms with Crippen LogP contribution in [0.4, 0.5) is 0 Å². The maximum absolute atomic E-state index is 14.5. The number of carbonyl (C=O) groups is 1. The van der Waals surface area contributed by atoms with Crippen LogP contribution in [0, 0.1) is 49.7 Å². The van der Waals surface area contributed by atoms with E-state index in [-0.39, 0.29) is 39.1 Å². The fraction of sp³-hybridized carbons (Fsp3) is 0.900. The van der Waals surface area contributed by atoms with Gasteiger partial charge in [-0.3, -0.25) is 4.79 Å². The molecule has 0 radical (unpaired) electrons. The quantitative estimate of drug-likeness (QED) is 0.470. The number of aliphatic hydroxyl groups is 1. The molecule has 0 amide bonds. The Morgan fingerprint density at radius 1 is 0.879 bits per heavy atom. The monoisotopic (exact) mass is 453 g/mol. The van der Waals surface area contributed by atoms with Crippen molar-refractivity contribution < 1.29 is 9.90 Å². The van der Waals surface area contributed by atoms with Gasteiger partial charge in [0.1, 0.15) is 0 Å². The Morgan fingerprint density at radius 2 is 1.52 bits per heavy atom. The third-order valence-corrected chi connectivity index (χ3v) is 14.2. The molecule has 3 nitrogen and oxygen atoms in total. The number of hydrogen-bond donors (Lipinski definition) is 2. The highest BCUT2D eigenvalue weighted by Gasteiger charge is 2.94. The molecule has 9 atom stereocenters. The van der Waals surface area contributed by atoms with Gasteiger partial charge in [0.05, 0.1) is 11.5 Å². The van der Waals surface area contributed by atoms with Crippen molar-refractivity contribution in [2.45, 2.75) is 118 Å². The van der Waals surface area contributed by atoms with Crippen LogP contribution in [0.5, 0.6) is 0 Å². The summed E-state index contributed by atoms with van der Waals surface area (Å²) in [5.41, 5.74) is 8.10. The summed E-state index contributed by atoms with van der Waals surface area (Å²) < 4.78 is 0. The van der Waals surface area contributed by atoms with Crippen LogP contribution in [-0.4, -0.2) is 22.5 Å². The number of aliphatic hydroxyl groups excluding tert-OH is 1. The lowest BCUT2D eigenvalue weighted by molar-refractivity contribution is -0.400. The summed E-state index contributed by atoms with van der Waals surface area (Å²) in [5.74, 6) is 1.10. The van der Waals surface area contributed by atoms with Gasteiger partial charge in [0.25, 0.3) is 0 Å². The minimum absolute atomic E-state index is 0.0370. The van der Waals surface area contributed by atoms with Crippen molar-refractivity contribution in [2.75, 3.05) is 0 Å². The molecule has 0 bridgehead atoms. The first-order valence-electron chi connectivity index (χ1n) is 13.7. The lowest BCUT2D eigenvalue weighted by Gasteiger charge is -2.92. The molecule has 3 N–H and O–H groups in total. The number of rotatable bonds is 0. The van der Waals surface area contributed by atoms with Gasteiger partial charge >= 0.3 is 0 Å². The summed E-state index contributed by atoms with van der Waals surface area (Å²) in [7, 11) is 0. The highest BCUT2D eigenvalue weighted by Crippen LogP contribution is 2.92. The lowest BCUT2D eigenvalue weighted by Crippen LogP contribution is -2.97. The summed E-state index contributed by atoms with van der Waals surface area (Å²) in [6, 6.07) is 0. The maximum Gasteiger partial charge on any atom is 0.163 e. The fourth-order valence-electron chi connectivity index (χ4n) is 11.8. The lowest BCUT2D eigenvalue weighted by atomic mass is 9.11. The molecule has 0 aliphatic heterocycles. The van der Waals surface area contributed by atoms with Gasteiger partial charge in [0.15, 0.2) is 5.78 Å². The van der Waals surface area contributed by atoms with Crippen molar-refractivity contribution in [3.8, 4) is 0 Å². The fourth-order valence-corrected chi connectivity index (χ4v) is 11.8. The Hall–Kier alpha value is -0.670. The second kappa shape index (κ2) is 5.66. The number of nitrogens with two attached hydrogens (primary N) is 1. The molecule has 3 heteroatoms. The Kier molecular flexibility index (Phi) is 3.91. The van der Waals surface area contributed by atoms with Crippen molar-refractivity contribution in [1.82, 2.24) is 0 Å². The van der Waals surface area contributed by atoms with Gasteiger partial charge in [-0.2, -0.15) is 0 Å². The first-order chi connectivity index (χ1) is 15.0. The molecular weight excluding hydrogens is 406 g/mol. The van der Waals surface area contributed by atoms with Crippen LogP contribution in [0.15, 0.2) is 11.6 Å². The minimum Gasteiger partial charge on any atom is -0.392 e.